The summed E-state index contributed by atoms with van der Waals surface area (Å²) >= 11 is 6.39. The Bertz CT molecular complexity index is 1420. The van der Waals surface area contributed by atoms with E-state index in [1.54, 1.807) is 30.8 Å². The Hall–Kier alpha value is -3.92. The van der Waals surface area contributed by atoms with E-state index in [-0.39, 0.29) is 17.5 Å². The molecule has 9 nitrogen and oxygen atoms in total. The fourth-order valence-electron chi connectivity index (χ4n) is 4.46. The number of fused-ring (bicyclic) bond motifs is 1. The zero-order chi connectivity index (χ0) is 25.2. The van der Waals surface area contributed by atoms with Crippen molar-refractivity contribution in [2.45, 2.75) is 12.8 Å². The van der Waals surface area contributed by atoms with Gasteiger partial charge in [0.05, 0.1) is 35.9 Å². The Morgan fingerprint density at radius 1 is 1.19 bits per heavy atom. The maximum absolute atomic E-state index is 14.1. The van der Waals surface area contributed by atoms with Gasteiger partial charge in [0, 0.05) is 44.0 Å². The molecule has 0 atom stereocenters. The number of ether oxygens (including phenoxy) is 1. The van der Waals surface area contributed by atoms with E-state index in [2.05, 4.69) is 30.5 Å². The molecule has 2 N–H and O–H groups in total. The van der Waals surface area contributed by atoms with Gasteiger partial charge in [-0.1, -0.05) is 11.6 Å². The number of carbonyl (C=O) groups is 1. The molecule has 1 fully saturated rings. The van der Waals surface area contributed by atoms with Gasteiger partial charge in [-0.25, -0.2) is 19.3 Å². The Labute approximate surface area is 212 Å². The number of amides is 1. The highest BCUT2D eigenvalue weighted by Crippen LogP contribution is 2.34. The van der Waals surface area contributed by atoms with Crippen molar-refractivity contribution >= 4 is 40.5 Å². The van der Waals surface area contributed by atoms with Crippen LogP contribution in [0.5, 0.6) is 5.75 Å². The lowest BCUT2D eigenvalue weighted by Gasteiger charge is -2.33. The number of rotatable bonds is 6. The molecule has 1 amide bonds. The quantitative estimate of drug-likeness (QED) is 0.400. The number of anilines is 3. The van der Waals surface area contributed by atoms with E-state index in [1.165, 1.54) is 18.5 Å². The number of benzene rings is 1. The van der Waals surface area contributed by atoms with E-state index >= 15 is 0 Å². The summed E-state index contributed by atoms with van der Waals surface area (Å²) in [7, 11) is 3.28. The van der Waals surface area contributed by atoms with Gasteiger partial charge in [0.2, 0.25) is 11.9 Å². The smallest absolute Gasteiger partial charge is 0.227 e. The molecule has 0 spiro atoms. The van der Waals surface area contributed by atoms with E-state index in [9.17, 15) is 9.18 Å². The molecule has 0 bridgehead atoms. The van der Waals surface area contributed by atoms with Crippen LogP contribution in [0, 0.1) is 11.7 Å². The van der Waals surface area contributed by atoms with Gasteiger partial charge >= 0.3 is 0 Å². The van der Waals surface area contributed by atoms with Crippen molar-refractivity contribution < 1.29 is 13.9 Å². The molecule has 1 aliphatic heterocycles. The Morgan fingerprint density at radius 3 is 2.75 bits per heavy atom. The van der Waals surface area contributed by atoms with E-state index in [0.29, 0.717) is 33.8 Å². The van der Waals surface area contributed by atoms with Crippen LogP contribution in [0.15, 0.2) is 48.9 Å². The molecule has 1 aromatic carbocycles. The summed E-state index contributed by atoms with van der Waals surface area (Å²) in [5.74, 6) is 0.643. The largest absolute Gasteiger partial charge is 0.494 e. The van der Waals surface area contributed by atoms with Crippen molar-refractivity contribution in [1.29, 1.82) is 0 Å². The summed E-state index contributed by atoms with van der Waals surface area (Å²) in [5, 5.41) is 6.24. The number of piperidine rings is 1. The van der Waals surface area contributed by atoms with Gasteiger partial charge in [0.1, 0.15) is 11.4 Å². The van der Waals surface area contributed by atoms with E-state index in [1.807, 2.05) is 18.2 Å². The van der Waals surface area contributed by atoms with Crippen LogP contribution in [0.4, 0.5) is 21.7 Å². The molecule has 4 aromatic rings. The van der Waals surface area contributed by atoms with Crippen molar-refractivity contribution in [1.82, 2.24) is 24.7 Å². The minimum absolute atomic E-state index is 0.0507. The maximum atomic E-state index is 14.1. The normalized spacial score (nSPS) is 14.2. The second-order valence-corrected chi connectivity index (χ2v) is 8.88. The molecule has 0 unspecified atom stereocenters. The number of halogens is 2. The Morgan fingerprint density at radius 2 is 2.00 bits per heavy atom. The average Bonchev–Trinajstić information content (AvgIpc) is 3.35. The molecule has 36 heavy (non-hydrogen) atoms. The number of aromatic nitrogens is 4. The van der Waals surface area contributed by atoms with Crippen molar-refractivity contribution in [3.63, 3.8) is 0 Å². The number of pyridine rings is 1. The van der Waals surface area contributed by atoms with Crippen LogP contribution < -0.4 is 20.3 Å². The van der Waals surface area contributed by atoms with Crippen molar-refractivity contribution in [2.24, 2.45) is 5.92 Å². The van der Waals surface area contributed by atoms with Crippen LogP contribution in [0.1, 0.15) is 12.8 Å². The lowest BCUT2D eigenvalue weighted by molar-refractivity contribution is -0.125. The summed E-state index contributed by atoms with van der Waals surface area (Å²) < 4.78 is 21.3. The lowest BCUT2D eigenvalue weighted by atomic mass is 9.95. The van der Waals surface area contributed by atoms with Crippen molar-refractivity contribution in [3.05, 3.63) is 59.8 Å². The zero-order valence-corrected chi connectivity index (χ0v) is 20.6. The number of imidazole rings is 1. The summed E-state index contributed by atoms with van der Waals surface area (Å²) in [4.78, 5) is 27.2. The standard InChI is InChI=1S/C25H25ClFN7O2/c1-28-24(35)15-7-10-33(11-8-15)16-5-6-19(21(12-16)36-2)31-25-30-13-17(26)22(32-25)20-14-29-23-18(27)4-3-9-34(20)23/h3-6,9,12-15H,7-8,10-11H2,1-2H3,(H,28,35)(H,30,31,32). The van der Waals surface area contributed by atoms with Gasteiger partial charge in [-0.05, 0) is 37.1 Å². The van der Waals surface area contributed by atoms with Crippen LogP contribution in [0.2, 0.25) is 5.02 Å². The van der Waals surface area contributed by atoms with Gasteiger partial charge in [0.15, 0.2) is 11.5 Å². The SMILES string of the molecule is CNC(=O)C1CCN(c2ccc(Nc3ncc(Cl)c(-c4cnc5c(F)cccn45)n3)c(OC)c2)CC1. The number of hydrogen-bond acceptors (Lipinski definition) is 7. The molecule has 5 rings (SSSR count). The van der Waals surface area contributed by atoms with E-state index in [0.717, 1.165) is 31.6 Å². The molecule has 4 heterocycles. The first-order valence-corrected chi connectivity index (χ1v) is 11.9. The van der Waals surface area contributed by atoms with Gasteiger partial charge < -0.3 is 20.3 Å². The molecule has 3 aromatic heterocycles. The Balaban J connectivity index is 1.38. The lowest BCUT2D eigenvalue weighted by Crippen LogP contribution is -2.39. The third kappa shape index (κ3) is 4.51. The molecule has 0 saturated carbocycles. The van der Waals surface area contributed by atoms with Crippen molar-refractivity contribution in [3.8, 4) is 17.1 Å². The van der Waals surface area contributed by atoms with Crippen LogP contribution in [-0.4, -0.2) is 52.5 Å². The first-order valence-electron chi connectivity index (χ1n) is 11.5. The monoisotopic (exact) mass is 509 g/mol. The van der Waals surface area contributed by atoms with Crippen LogP contribution in [-0.2, 0) is 4.79 Å². The fraction of sp³-hybridized carbons (Fsp3) is 0.280. The van der Waals surface area contributed by atoms with Gasteiger partial charge in [-0.15, -0.1) is 0 Å². The zero-order valence-electron chi connectivity index (χ0n) is 19.8. The van der Waals surface area contributed by atoms with E-state index < -0.39 is 5.82 Å². The van der Waals surface area contributed by atoms with Gasteiger partial charge in [0.25, 0.3) is 0 Å². The summed E-state index contributed by atoms with van der Waals surface area (Å²) in [6, 6.07) is 8.79. The molecular formula is C25H25ClFN7O2. The number of methoxy groups -OCH3 is 1. The highest BCUT2D eigenvalue weighted by atomic mass is 35.5. The predicted octanol–water partition coefficient (Wildman–Crippen LogP) is 4.30. The third-order valence-electron chi connectivity index (χ3n) is 6.38. The molecule has 186 valence electrons. The topological polar surface area (TPSA) is 96.7 Å². The number of nitrogens with zero attached hydrogens (tertiary/aromatic N) is 5. The fourth-order valence-corrected chi connectivity index (χ4v) is 4.65. The second kappa shape index (κ2) is 9.98. The summed E-state index contributed by atoms with van der Waals surface area (Å²) in [6.07, 6.45) is 6.32. The highest BCUT2D eigenvalue weighted by molar-refractivity contribution is 6.32. The second-order valence-electron chi connectivity index (χ2n) is 8.47. The van der Waals surface area contributed by atoms with Crippen molar-refractivity contribution in [2.75, 3.05) is 37.5 Å². The van der Waals surface area contributed by atoms with Crippen LogP contribution in [0.25, 0.3) is 17.0 Å². The average molecular weight is 510 g/mol. The molecule has 0 aliphatic carbocycles. The van der Waals surface area contributed by atoms with Crippen LogP contribution >= 0.6 is 11.6 Å². The summed E-state index contributed by atoms with van der Waals surface area (Å²) in [6.45, 7) is 1.58. The highest BCUT2D eigenvalue weighted by Gasteiger charge is 2.25. The molecule has 1 saturated heterocycles. The maximum Gasteiger partial charge on any atom is 0.227 e. The minimum atomic E-state index is -0.435. The minimum Gasteiger partial charge on any atom is -0.494 e. The number of nitrogens with one attached hydrogen (secondary N) is 2. The van der Waals surface area contributed by atoms with Gasteiger partial charge in [-0.3, -0.25) is 9.20 Å². The first-order chi connectivity index (χ1) is 17.5. The summed E-state index contributed by atoms with van der Waals surface area (Å²) in [5.41, 5.74) is 2.84. The molecule has 0 radical (unpaired) electrons. The van der Waals surface area contributed by atoms with E-state index in [4.69, 9.17) is 16.3 Å². The third-order valence-corrected chi connectivity index (χ3v) is 6.66. The van der Waals surface area contributed by atoms with Gasteiger partial charge in [-0.2, -0.15) is 0 Å². The molecule has 1 aliphatic rings. The predicted molar refractivity (Wildman–Crippen MR) is 136 cm³/mol. The number of carbonyl (C=O) groups excluding carboxylic acids is 1. The molecule has 11 heteroatoms. The first kappa shape index (κ1) is 23.8. The van der Waals surface area contributed by atoms with Crippen LogP contribution in [0.3, 0.4) is 0 Å². The number of hydrogen-bond donors (Lipinski definition) is 2. The molecular weight excluding hydrogens is 485 g/mol. The Kier molecular flexibility index (Phi) is 6.60.